The molecule has 1 amide bonds. The molecule has 1 aromatic rings. The minimum atomic E-state index is -1.22. The summed E-state index contributed by atoms with van der Waals surface area (Å²) < 4.78 is 0. The van der Waals surface area contributed by atoms with Gasteiger partial charge < -0.3 is 20.0 Å². The Morgan fingerprint density at radius 3 is 2.56 bits per heavy atom. The maximum absolute atomic E-state index is 12.5. The maximum Gasteiger partial charge on any atom is 0.223 e. The molecule has 2 saturated heterocycles. The number of likely N-dealkylation sites (tertiary alicyclic amines) is 1. The number of carbonyl (C=O) groups excluding carboxylic acids is 1. The van der Waals surface area contributed by atoms with Gasteiger partial charge >= 0.3 is 0 Å². The van der Waals surface area contributed by atoms with Gasteiger partial charge in [-0.2, -0.15) is 0 Å². The minimum absolute atomic E-state index is 0.00259. The third-order valence-corrected chi connectivity index (χ3v) is 5.39. The molecule has 0 radical (unpaired) electrons. The van der Waals surface area contributed by atoms with E-state index < -0.39 is 11.7 Å². The SMILES string of the molecule is CN1CCN(C[C@]2(O)CN(C(=O)CCc3ccccc3)C[C@H]2O)CC1. The highest BCUT2D eigenvalue weighted by Gasteiger charge is 2.46. The number of piperazine rings is 1. The van der Waals surface area contributed by atoms with Crippen LogP contribution in [0.4, 0.5) is 0 Å². The summed E-state index contributed by atoms with van der Waals surface area (Å²) >= 11 is 0. The molecule has 2 heterocycles. The molecular weight excluding hydrogens is 318 g/mol. The Morgan fingerprint density at radius 2 is 1.88 bits per heavy atom. The first kappa shape index (κ1) is 18.3. The normalized spacial score (nSPS) is 28.4. The Hall–Kier alpha value is -1.47. The van der Waals surface area contributed by atoms with E-state index in [4.69, 9.17) is 0 Å². The predicted octanol–water partition coefficient (Wildman–Crippen LogP) is -0.199. The van der Waals surface area contributed by atoms with E-state index in [0.29, 0.717) is 19.4 Å². The lowest BCUT2D eigenvalue weighted by Gasteiger charge is -2.37. The number of rotatable bonds is 5. The van der Waals surface area contributed by atoms with E-state index in [1.54, 1.807) is 4.90 Å². The molecule has 25 heavy (non-hydrogen) atoms. The summed E-state index contributed by atoms with van der Waals surface area (Å²) in [5, 5.41) is 21.2. The number of hydrogen-bond acceptors (Lipinski definition) is 5. The zero-order valence-electron chi connectivity index (χ0n) is 15.0. The van der Waals surface area contributed by atoms with Gasteiger partial charge in [-0.15, -0.1) is 0 Å². The fourth-order valence-electron chi connectivity index (χ4n) is 3.67. The van der Waals surface area contributed by atoms with Crippen molar-refractivity contribution in [2.45, 2.75) is 24.5 Å². The van der Waals surface area contributed by atoms with Crippen molar-refractivity contribution < 1.29 is 15.0 Å². The van der Waals surface area contributed by atoms with Crippen molar-refractivity contribution in [2.75, 3.05) is 52.9 Å². The lowest BCUT2D eigenvalue weighted by Crippen LogP contribution is -2.55. The number of nitrogens with zero attached hydrogens (tertiary/aromatic N) is 3. The average molecular weight is 347 g/mol. The minimum Gasteiger partial charge on any atom is -0.388 e. The molecule has 3 rings (SSSR count). The van der Waals surface area contributed by atoms with Gasteiger partial charge in [0.05, 0.1) is 6.54 Å². The summed E-state index contributed by atoms with van der Waals surface area (Å²) in [6.07, 6.45) is 0.206. The number of benzene rings is 1. The number of carbonyl (C=O) groups is 1. The summed E-state index contributed by atoms with van der Waals surface area (Å²) in [5.74, 6) is -0.00259. The number of β-amino-alcohol motifs (C(OH)–C–C–N with tert-alkyl or cyclic N) is 2. The number of aliphatic hydroxyl groups excluding tert-OH is 1. The average Bonchev–Trinajstić information content (AvgIpc) is 2.91. The van der Waals surface area contributed by atoms with Crippen molar-refractivity contribution >= 4 is 5.91 Å². The predicted molar refractivity (Wildman–Crippen MR) is 96.2 cm³/mol. The van der Waals surface area contributed by atoms with E-state index in [1.165, 1.54) is 0 Å². The van der Waals surface area contributed by atoms with Crippen LogP contribution in [0.1, 0.15) is 12.0 Å². The van der Waals surface area contributed by atoms with Gasteiger partial charge in [0.15, 0.2) is 0 Å². The first-order valence-electron chi connectivity index (χ1n) is 9.09. The summed E-state index contributed by atoms with van der Waals surface area (Å²) in [5.41, 5.74) is -0.0958. The molecule has 6 heteroatoms. The standard InChI is InChI=1S/C19H29N3O3/c1-20-9-11-21(12-10-20)14-19(25)15-22(13-17(19)23)18(24)8-7-16-5-3-2-4-6-16/h2-6,17,23,25H,7-15H2,1H3/t17-,19+/m1/s1. The van der Waals surface area contributed by atoms with Crippen molar-refractivity contribution in [1.82, 2.24) is 14.7 Å². The molecule has 0 saturated carbocycles. The summed E-state index contributed by atoms with van der Waals surface area (Å²) in [6.45, 7) is 4.55. The van der Waals surface area contributed by atoms with Gasteiger partial charge in [-0.05, 0) is 19.0 Å². The van der Waals surface area contributed by atoms with Crippen LogP contribution in [-0.4, -0.2) is 95.4 Å². The molecule has 1 aromatic carbocycles. The van der Waals surface area contributed by atoms with Gasteiger partial charge in [-0.1, -0.05) is 30.3 Å². The van der Waals surface area contributed by atoms with Gasteiger partial charge in [0.1, 0.15) is 11.7 Å². The Bertz CT molecular complexity index is 575. The largest absolute Gasteiger partial charge is 0.388 e. The molecule has 0 spiro atoms. The highest BCUT2D eigenvalue weighted by molar-refractivity contribution is 5.77. The van der Waals surface area contributed by atoms with Crippen LogP contribution in [0.5, 0.6) is 0 Å². The van der Waals surface area contributed by atoms with Crippen molar-refractivity contribution in [3.8, 4) is 0 Å². The fraction of sp³-hybridized carbons (Fsp3) is 0.632. The van der Waals surface area contributed by atoms with E-state index in [-0.39, 0.29) is 19.0 Å². The molecule has 0 aromatic heterocycles. The van der Waals surface area contributed by atoms with Crippen LogP contribution in [0, 0.1) is 0 Å². The van der Waals surface area contributed by atoms with Crippen molar-refractivity contribution in [2.24, 2.45) is 0 Å². The number of likely N-dealkylation sites (N-methyl/N-ethyl adjacent to an activating group) is 1. The summed E-state index contributed by atoms with van der Waals surface area (Å²) in [6, 6.07) is 9.91. The Labute approximate surface area is 149 Å². The van der Waals surface area contributed by atoms with Gasteiger partial charge in [0.25, 0.3) is 0 Å². The van der Waals surface area contributed by atoms with Crippen LogP contribution in [0.2, 0.25) is 0 Å². The second-order valence-corrected chi connectivity index (χ2v) is 7.46. The highest BCUT2D eigenvalue weighted by atomic mass is 16.3. The first-order valence-corrected chi connectivity index (χ1v) is 9.09. The van der Waals surface area contributed by atoms with Gasteiger partial charge in [0.2, 0.25) is 5.91 Å². The lowest BCUT2D eigenvalue weighted by atomic mass is 9.99. The number of hydrogen-bond donors (Lipinski definition) is 2. The van der Waals surface area contributed by atoms with E-state index in [2.05, 4.69) is 16.8 Å². The molecule has 0 aliphatic carbocycles. The fourth-order valence-corrected chi connectivity index (χ4v) is 3.67. The van der Waals surface area contributed by atoms with E-state index in [0.717, 1.165) is 31.7 Å². The van der Waals surface area contributed by atoms with Gasteiger partial charge in [0, 0.05) is 45.7 Å². The topological polar surface area (TPSA) is 67.2 Å². The van der Waals surface area contributed by atoms with Crippen molar-refractivity contribution in [3.05, 3.63) is 35.9 Å². The van der Waals surface area contributed by atoms with E-state index in [1.807, 2.05) is 30.3 Å². The molecule has 2 atom stereocenters. The Balaban J connectivity index is 1.52. The maximum atomic E-state index is 12.5. The monoisotopic (exact) mass is 347 g/mol. The van der Waals surface area contributed by atoms with Gasteiger partial charge in [-0.25, -0.2) is 0 Å². The number of amides is 1. The van der Waals surface area contributed by atoms with Crippen LogP contribution in [-0.2, 0) is 11.2 Å². The first-order chi connectivity index (χ1) is 12.0. The van der Waals surface area contributed by atoms with Crippen molar-refractivity contribution in [1.29, 1.82) is 0 Å². The Kier molecular flexibility index (Phi) is 5.74. The molecule has 0 bridgehead atoms. The lowest BCUT2D eigenvalue weighted by molar-refractivity contribution is -0.131. The number of aliphatic hydroxyl groups is 2. The number of aryl methyl sites for hydroxylation is 1. The Morgan fingerprint density at radius 1 is 1.20 bits per heavy atom. The van der Waals surface area contributed by atoms with E-state index in [9.17, 15) is 15.0 Å². The van der Waals surface area contributed by atoms with E-state index >= 15 is 0 Å². The second-order valence-electron chi connectivity index (χ2n) is 7.46. The second kappa shape index (κ2) is 7.83. The summed E-state index contributed by atoms with van der Waals surface area (Å²) in [7, 11) is 2.09. The smallest absolute Gasteiger partial charge is 0.223 e. The van der Waals surface area contributed by atoms with Crippen LogP contribution in [0.25, 0.3) is 0 Å². The van der Waals surface area contributed by atoms with Crippen LogP contribution in [0.15, 0.2) is 30.3 Å². The molecule has 0 unspecified atom stereocenters. The molecule has 2 N–H and O–H groups in total. The summed E-state index contributed by atoms with van der Waals surface area (Å²) in [4.78, 5) is 18.5. The molecule has 2 aliphatic heterocycles. The van der Waals surface area contributed by atoms with Crippen molar-refractivity contribution in [3.63, 3.8) is 0 Å². The molecule has 138 valence electrons. The third kappa shape index (κ3) is 4.58. The zero-order chi connectivity index (χ0) is 17.9. The highest BCUT2D eigenvalue weighted by Crippen LogP contribution is 2.24. The molecular formula is C19H29N3O3. The third-order valence-electron chi connectivity index (χ3n) is 5.39. The van der Waals surface area contributed by atoms with Crippen LogP contribution >= 0.6 is 0 Å². The zero-order valence-corrected chi connectivity index (χ0v) is 15.0. The molecule has 2 aliphatic rings. The van der Waals surface area contributed by atoms with Crippen LogP contribution in [0.3, 0.4) is 0 Å². The van der Waals surface area contributed by atoms with Crippen LogP contribution < -0.4 is 0 Å². The molecule has 2 fully saturated rings. The van der Waals surface area contributed by atoms with Gasteiger partial charge in [-0.3, -0.25) is 9.69 Å². The quantitative estimate of drug-likeness (QED) is 0.772. The molecule has 6 nitrogen and oxygen atoms in total.